The molecule has 0 saturated carbocycles. The smallest absolute Gasteiger partial charge is 0.164 e. The van der Waals surface area contributed by atoms with Crippen molar-refractivity contribution in [2.24, 2.45) is 0 Å². The van der Waals surface area contributed by atoms with E-state index in [0.717, 1.165) is 75.6 Å². The molecule has 7 aromatic rings. The molecule has 9 rings (SSSR count). The molecule has 0 radical (unpaired) electrons. The van der Waals surface area contributed by atoms with Crippen LogP contribution in [0.2, 0.25) is 0 Å². The summed E-state index contributed by atoms with van der Waals surface area (Å²) in [5, 5.41) is 3.42. The van der Waals surface area contributed by atoms with Crippen molar-refractivity contribution < 1.29 is 4.42 Å². The van der Waals surface area contributed by atoms with E-state index in [9.17, 15) is 0 Å². The van der Waals surface area contributed by atoms with Crippen LogP contribution in [0, 0.1) is 0 Å². The van der Waals surface area contributed by atoms with Crippen LogP contribution in [0.5, 0.6) is 0 Å². The Labute approximate surface area is 273 Å². The first-order chi connectivity index (χ1) is 23.3. The lowest BCUT2D eigenvalue weighted by Crippen LogP contribution is -2.08. The van der Waals surface area contributed by atoms with Crippen LogP contribution < -0.4 is 0 Å². The molecule has 0 atom stereocenters. The predicted octanol–water partition coefficient (Wildman–Crippen LogP) is 10.9. The number of nitrogens with zero attached hydrogens (tertiary/aromatic N) is 3. The number of hydrogen-bond acceptors (Lipinski definition) is 4. The van der Waals surface area contributed by atoms with Crippen LogP contribution in [0.4, 0.5) is 0 Å². The molecule has 2 aliphatic carbocycles. The van der Waals surface area contributed by atoms with E-state index in [1.807, 2.05) is 12.1 Å². The molecule has 0 amide bonds. The molecule has 4 heteroatoms. The molecule has 2 aromatic heterocycles. The molecular formula is C43H31N3O. The number of allylic oxidation sites excluding steroid dienone is 5. The van der Waals surface area contributed by atoms with Crippen molar-refractivity contribution in [3.63, 3.8) is 0 Å². The quantitative estimate of drug-likeness (QED) is 0.196. The summed E-state index contributed by atoms with van der Waals surface area (Å²) in [5.41, 5.74) is 9.73. The molecule has 0 fully saturated rings. The number of hydrogen-bond donors (Lipinski definition) is 0. The number of benzene rings is 5. The maximum absolute atomic E-state index is 6.52. The van der Waals surface area contributed by atoms with Gasteiger partial charge in [-0.25, -0.2) is 15.0 Å². The summed E-state index contributed by atoms with van der Waals surface area (Å²) >= 11 is 0. The van der Waals surface area contributed by atoms with Crippen molar-refractivity contribution in [1.29, 1.82) is 0 Å². The molecular weight excluding hydrogens is 574 g/mol. The minimum absolute atomic E-state index is 0.672. The van der Waals surface area contributed by atoms with E-state index >= 15 is 0 Å². The minimum atomic E-state index is 0.672. The number of fused-ring (bicyclic) bond motifs is 4. The van der Waals surface area contributed by atoms with Gasteiger partial charge in [0.25, 0.3) is 0 Å². The van der Waals surface area contributed by atoms with Crippen LogP contribution in [-0.2, 0) is 6.42 Å². The highest BCUT2D eigenvalue weighted by atomic mass is 16.3. The first kappa shape index (κ1) is 27.4. The Bertz CT molecular complexity index is 2400. The Morgan fingerprint density at radius 3 is 1.91 bits per heavy atom. The van der Waals surface area contributed by atoms with Gasteiger partial charge in [0.2, 0.25) is 0 Å². The summed E-state index contributed by atoms with van der Waals surface area (Å²) in [4.78, 5) is 15.3. The Morgan fingerprint density at radius 1 is 0.511 bits per heavy atom. The molecule has 5 aromatic carbocycles. The number of furan rings is 1. The van der Waals surface area contributed by atoms with Gasteiger partial charge in [-0.1, -0.05) is 115 Å². The van der Waals surface area contributed by atoms with Gasteiger partial charge in [-0.15, -0.1) is 0 Å². The van der Waals surface area contributed by atoms with E-state index in [1.165, 1.54) is 22.1 Å². The lowest BCUT2D eigenvalue weighted by Gasteiger charge is -2.15. The molecule has 2 aliphatic rings. The van der Waals surface area contributed by atoms with E-state index in [-0.39, 0.29) is 0 Å². The normalized spacial score (nSPS) is 14.2. The van der Waals surface area contributed by atoms with Crippen LogP contribution in [0.15, 0.2) is 144 Å². The summed E-state index contributed by atoms with van der Waals surface area (Å²) in [6, 6.07) is 40.6. The molecule has 4 nitrogen and oxygen atoms in total. The fourth-order valence-electron chi connectivity index (χ4n) is 6.81. The SMILES string of the molecule is C1=CC(c2nc(C3=CCCc4oc5cc(-c6ccccc6)ccc5c43)nc(-c3ccc4cc(-c5ccccc5)ccc4c3)n2)=CCC1. The van der Waals surface area contributed by atoms with Crippen molar-refractivity contribution in [1.82, 2.24) is 15.0 Å². The second-order valence-electron chi connectivity index (χ2n) is 12.2. The lowest BCUT2D eigenvalue weighted by molar-refractivity contribution is 0.545. The van der Waals surface area contributed by atoms with E-state index in [4.69, 9.17) is 19.4 Å². The molecule has 0 saturated heterocycles. The van der Waals surface area contributed by atoms with Crippen LogP contribution in [0.1, 0.15) is 42.2 Å². The van der Waals surface area contributed by atoms with Crippen molar-refractivity contribution in [3.05, 3.63) is 163 Å². The van der Waals surface area contributed by atoms with Gasteiger partial charge in [-0.2, -0.15) is 0 Å². The van der Waals surface area contributed by atoms with Crippen molar-refractivity contribution in [2.45, 2.75) is 25.7 Å². The highest BCUT2D eigenvalue weighted by Crippen LogP contribution is 2.40. The first-order valence-corrected chi connectivity index (χ1v) is 16.3. The molecule has 0 bridgehead atoms. The summed E-state index contributed by atoms with van der Waals surface area (Å²) in [6.07, 6.45) is 12.6. The highest BCUT2D eigenvalue weighted by molar-refractivity contribution is 5.98. The Kier molecular flexibility index (Phi) is 6.71. The number of aryl methyl sites for hydroxylation is 1. The van der Waals surface area contributed by atoms with E-state index in [1.54, 1.807) is 0 Å². The lowest BCUT2D eigenvalue weighted by atomic mass is 9.93. The van der Waals surface area contributed by atoms with E-state index < -0.39 is 0 Å². The average Bonchev–Trinajstić information content (AvgIpc) is 3.53. The molecule has 0 spiro atoms. The molecule has 0 unspecified atom stereocenters. The number of aromatic nitrogens is 3. The topological polar surface area (TPSA) is 51.8 Å². The second-order valence-corrected chi connectivity index (χ2v) is 12.2. The summed E-state index contributed by atoms with van der Waals surface area (Å²) in [6.45, 7) is 0. The maximum atomic E-state index is 6.52. The van der Waals surface area contributed by atoms with E-state index in [2.05, 4.69) is 127 Å². The molecule has 2 heterocycles. The predicted molar refractivity (Wildman–Crippen MR) is 192 cm³/mol. The fraction of sp³-hybridized carbons (Fsp3) is 0.0930. The highest BCUT2D eigenvalue weighted by Gasteiger charge is 2.25. The molecule has 0 N–H and O–H groups in total. The summed E-state index contributed by atoms with van der Waals surface area (Å²) < 4.78 is 6.52. The molecule has 47 heavy (non-hydrogen) atoms. The summed E-state index contributed by atoms with van der Waals surface area (Å²) in [7, 11) is 0. The van der Waals surface area contributed by atoms with Gasteiger partial charge >= 0.3 is 0 Å². The van der Waals surface area contributed by atoms with Crippen molar-refractivity contribution >= 4 is 32.9 Å². The van der Waals surface area contributed by atoms with Crippen molar-refractivity contribution in [2.75, 3.05) is 0 Å². The summed E-state index contributed by atoms with van der Waals surface area (Å²) in [5.74, 6) is 3.04. The van der Waals surface area contributed by atoms with Crippen LogP contribution >= 0.6 is 0 Å². The van der Waals surface area contributed by atoms with Gasteiger partial charge < -0.3 is 4.42 Å². The third-order valence-electron chi connectivity index (χ3n) is 9.19. The van der Waals surface area contributed by atoms with Crippen LogP contribution in [0.3, 0.4) is 0 Å². The van der Waals surface area contributed by atoms with Gasteiger partial charge in [0.05, 0.1) is 0 Å². The first-order valence-electron chi connectivity index (χ1n) is 16.3. The number of rotatable bonds is 5. The third-order valence-corrected chi connectivity index (χ3v) is 9.19. The largest absolute Gasteiger partial charge is 0.460 e. The molecule has 224 valence electrons. The third kappa shape index (κ3) is 5.08. The Hall–Kier alpha value is -5.87. The zero-order valence-corrected chi connectivity index (χ0v) is 25.9. The molecule has 0 aliphatic heterocycles. The monoisotopic (exact) mass is 605 g/mol. The van der Waals surface area contributed by atoms with E-state index in [0.29, 0.717) is 17.5 Å². The van der Waals surface area contributed by atoms with Gasteiger partial charge in [0, 0.05) is 34.1 Å². The zero-order valence-electron chi connectivity index (χ0n) is 25.9. The van der Waals surface area contributed by atoms with Gasteiger partial charge in [-0.3, -0.25) is 0 Å². The second kappa shape index (κ2) is 11.5. The zero-order chi connectivity index (χ0) is 31.2. The average molecular weight is 606 g/mol. The maximum Gasteiger partial charge on any atom is 0.164 e. The Balaban J connectivity index is 1.16. The Morgan fingerprint density at radius 2 is 1.17 bits per heavy atom. The van der Waals surface area contributed by atoms with Gasteiger partial charge in [0.15, 0.2) is 17.5 Å². The fourth-order valence-corrected chi connectivity index (χ4v) is 6.81. The van der Waals surface area contributed by atoms with Crippen LogP contribution in [-0.4, -0.2) is 15.0 Å². The van der Waals surface area contributed by atoms with Crippen molar-refractivity contribution in [3.8, 4) is 33.6 Å². The van der Waals surface area contributed by atoms with Crippen LogP contribution in [0.25, 0.3) is 66.5 Å². The minimum Gasteiger partial charge on any atom is -0.460 e. The standard InChI is InChI=1S/C43H31N3O/c1-4-11-28(12-5-1)31-19-20-33-26-35(22-21-32(33)25-31)42-44-41(30-15-8-3-9-16-30)45-43(46-42)37-17-10-18-38-40(37)36-24-23-34(27-39(36)47-38)29-13-6-2-7-14-29/h1-2,4-8,11-17,19-27H,3,9-10,18H2. The van der Waals surface area contributed by atoms with Gasteiger partial charge in [0.1, 0.15) is 11.3 Å². The van der Waals surface area contributed by atoms with Gasteiger partial charge in [-0.05, 0) is 76.6 Å².